The normalized spacial score (nSPS) is 25.8. The third-order valence-corrected chi connectivity index (χ3v) is 5.42. The van der Waals surface area contributed by atoms with Crippen molar-refractivity contribution in [2.24, 2.45) is 23.7 Å². The first-order chi connectivity index (χ1) is 10.2. The molecule has 2 atom stereocenters. The van der Waals surface area contributed by atoms with Crippen LogP contribution in [0.15, 0.2) is 0 Å². The number of nitrogens with one attached hydrogen (secondary N) is 2. The summed E-state index contributed by atoms with van der Waals surface area (Å²) in [5, 5.41) is 6.67. The van der Waals surface area contributed by atoms with Gasteiger partial charge in [-0.05, 0) is 50.1 Å². The lowest BCUT2D eigenvalue weighted by molar-refractivity contribution is -0.127. The Bertz CT molecular complexity index is 304. The van der Waals surface area contributed by atoms with Crippen molar-refractivity contribution in [1.82, 2.24) is 10.6 Å². The first kappa shape index (κ1) is 16.8. The maximum atomic E-state index is 12.6. The summed E-state index contributed by atoms with van der Waals surface area (Å²) in [5.74, 6) is 2.39. The van der Waals surface area contributed by atoms with Crippen LogP contribution in [0.1, 0.15) is 65.2 Å². The Balaban J connectivity index is 1.77. The van der Waals surface area contributed by atoms with E-state index in [9.17, 15) is 4.79 Å². The van der Waals surface area contributed by atoms with Crippen LogP contribution < -0.4 is 10.6 Å². The molecule has 0 bridgehead atoms. The van der Waals surface area contributed by atoms with Crippen LogP contribution in [0.3, 0.4) is 0 Å². The van der Waals surface area contributed by atoms with Crippen LogP contribution in [-0.2, 0) is 4.79 Å². The van der Waals surface area contributed by atoms with E-state index < -0.39 is 0 Å². The standard InChI is InChI=1S/C18H34N2O/c1-14(2)17(11-15-7-4-3-5-8-15)18(21)20-13-16-9-6-10-19-12-16/h14-17,19H,3-13H2,1-2H3,(H,20,21). The van der Waals surface area contributed by atoms with Crippen molar-refractivity contribution in [1.29, 1.82) is 0 Å². The quantitative estimate of drug-likeness (QED) is 0.789. The molecule has 2 unspecified atom stereocenters. The number of carbonyl (C=O) groups excluding carboxylic acids is 1. The molecule has 21 heavy (non-hydrogen) atoms. The first-order valence-electron chi connectivity index (χ1n) is 9.15. The van der Waals surface area contributed by atoms with Gasteiger partial charge in [0.05, 0.1) is 0 Å². The average Bonchev–Trinajstić information content (AvgIpc) is 2.52. The largest absolute Gasteiger partial charge is 0.356 e. The molecule has 3 heteroatoms. The lowest BCUT2D eigenvalue weighted by Crippen LogP contribution is -2.41. The van der Waals surface area contributed by atoms with Gasteiger partial charge >= 0.3 is 0 Å². The number of amides is 1. The zero-order valence-corrected chi connectivity index (χ0v) is 14.0. The van der Waals surface area contributed by atoms with E-state index in [1.807, 2.05) is 0 Å². The highest BCUT2D eigenvalue weighted by molar-refractivity contribution is 5.78. The van der Waals surface area contributed by atoms with Crippen molar-refractivity contribution in [3.63, 3.8) is 0 Å². The minimum Gasteiger partial charge on any atom is -0.356 e. The van der Waals surface area contributed by atoms with E-state index in [1.165, 1.54) is 44.9 Å². The van der Waals surface area contributed by atoms with Gasteiger partial charge in [-0.3, -0.25) is 4.79 Å². The van der Waals surface area contributed by atoms with E-state index in [-0.39, 0.29) is 5.92 Å². The fourth-order valence-electron chi connectivity index (χ4n) is 3.94. The summed E-state index contributed by atoms with van der Waals surface area (Å²) in [7, 11) is 0. The Morgan fingerprint density at radius 1 is 1.10 bits per heavy atom. The zero-order valence-electron chi connectivity index (χ0n) is 14.0. The molecule has 1 saturated carbocycles. The Morgan fingerprint density at radius 2 is 1.81 bits per heavy atom. The number of rotatable bonds is 6. The molecule has 2 aliphatic rings. The monoisotopic (exact) mass is 294 g/mol. The van der Waals surface area contributed by atoms with Gasteiger partial charge in [-0.15, -0.1) is 0 Å². The molecule has 2 rings (SSSR count). The van der Waals surface area contributed by atoms with Gasteiger partial charge in [0.2, 0.25) is 5.91 Å². The van der Waals surface area contributed by atoms with E-state index in [1.54, 1.807) is 0 Å². The van der Waals surface area contributed by atoms with Gasteiger partial charge in [0.15, 0.2) is 0 Å². The number of hydrogen-bond donors (Lipinski definition) is 2. The van der Waals surface area contributed by atoms with E-state index in [2.05, 4.69) is 24.5 Å². The minimum absolute atomic E-state index is 0.213. The summed E-state index contributed by atoms with van der Waals surface area (Å²) in [5.41, 5.74) is 0. The van der Waals surface area contributed by atoms with Crippen LogP contribution in [0.25, 0.3) is 0 Å². The Morgan fingerprint density at radius 3 is 2.43 bits per heavy atom. The molecule has 2 fully saturated rings. The van der Waals surface area contributed by atoms with E-state index in [0.29, 0.717) is 17.7 Å². The van der Waals surface area contributed by atoms with Crippen molar-refractivity contribution >= 4 is 5.91 Å². The molecule has 0 spiro atoms. The van der Waals surface area contributed by atoms with Gasteiger partial charge in [-0.2, -0.15) is 0 Å². The minimum atomic E-state index is 0.213. The summed E-state index contributed by atoms with van der Waals surface area (Å²) in [6.07, 6.45) is 10.4. The van der Waals surface area contributed by atoms with Crippen molar-refractivity contribution in [3.05, 3.63) is 0 Å². The van der Waals surface area contributed by atoms with E-state index in [0.717, 1.165) is 32.0 Å². The first-order valence-corrected chi connectivity index (χ1v) is 9.15. The SMILES string of the molecule is CC(C)C(CC1CCCCC1)C(=O)NCC1CCCNC1. The van der Waals surface area contributed by atoms with Crippen molar-refractivity contribution in [3.8, 4) is 0 Å². The van der Waals surface area contributed by atoms with Gasteiger partial charge < -0.3 is 10.6 Å². The van der Waals surface area contributed by atoms with Crippen LogP contribution in [-0.4, -0.2) is 25.5 Å². The second-order valence-corrected chi connectivity index (χ2v) is 7.55. The third kappa shape index (κ3) is 5.61. The molecule has 122 valence electrons. The van der Waals surface area contributed by atoms with Gasteiger partial charge in [0.1, 0.15) is 0 Å². The molecule has 1 aliphatic heterocycles. The van der Waals surface area contributed by atoms with Gasteiger partial charge in [-0.25, -0.2) is 0 Å². The molecule has 3 nitrogen and oxygen atoms in total. The van der Waals surface area contributed by atoms with Gasteiger partial charge in [0, 0.05) is 12.5 Å². The number of carbonyl (C=O) groups is 1. The van der Waals surface area contributed by atoms with Crippen LogP contribution in [0.4, 0.5) is 0 Å². The van der Waals surface area contributed by atoms with Crippen LogP contribution >= 0.6 is 0 Å². The Kier molecular flexibility index (Phi) is 7.01. The average molecular weight is 294 g/mol. The van der Waals surface area contributed by atoms with Crippen molar-refractivity contribution in [2.45, 2.75) is 65.2 Å². The fraction of sp³-hybridized carbons (Fsp3) is 0.944. The maximum Gasteiger partial charge on any atom is 0.223 e. The fourth-order valence-corrected chi connectivity index (χ4v) is 3.94. The molecular formula is C18H34N2O. The van der Waals surface area contributed by atoms with Crippen LogP contribution in [0.5, 0.6) is 0 Å². The molecule has 0 aromatic carbocycles. The lowest BCUT2D eigenvalue weighted by Gasteiger charge is -2.29. The lowest BCUT2D eigenvalue weighted by atomic mass is 9.79. The molecule has 0 radical (unpaired) electrons. The van der Waals surface area contributed by atoms with Crippen LogP contribution in [0, 0.1) is 23.7 Å². The highest BCUT2D eigenvalue weighted by Gasteiger charge is 2.27. The summed E-state index contributed by atoms with van der Waals surface area (Å²) in [6.45, 7) is 7.47. The van der Waals surface area contributed by atoms with Gasteiger partial charge in [0.25, 0.3) is 0 Å². The van der Waals surface area contributed by atoms with Gasteiger partial charge in [-0.1, -0.05) is 46.0 Å². The summed E-state index contributed by atoms with van der Waals surface area (Å²) in [6, 6.07) is 0. The number of piperidine rings is 1. The third-order valence-electron chi connectivity index (χ3n) is 5.42. The zero-order chi connectivity index (χ0) is 15.1. The summed E-state index contributed by atoms with van der Waals surface area (Å²) < 4.78 is 0. The predicted octanol–water partition coefficient (Wildman–Crippen LogP) is 3.34. The highest BCUT2D eigenvalue weighted by atomic mass is 16.1. The Labute approximate surface area is 130 Å². The van der Waals surface area contributed by atoms with Crippen molar-refractivity contribution in [2.75, 3.05) is 19.6 Å². The molecule has 2 N–H and O–H groups in total. The van der Waals surface area contributed by atoms with E-state index >= 15 is 0 Å². The Hall–Kier alpha value is -0.570. The second kappa shape index (κ2) is 8.77. The smallest absolute Gasteiger partial charge is 0.223 e. The molecular weight excluding hydrogens is 260 g/mol. The number of hydrogen-bond acceptors (Lipinski definition) is 2. The molecule has 0 aromatic rings. The predicted molar refractivity (Wildman–Crippen MR) is 88.1 cm³/mol. The molecule has 1 saturated heterocycles. The topological polar surface area (TPSA) is 41.1 Å². The van der Waals surface area contributed by atoms with Crippen LogP contribution in [0.2, 0.25) is 0 Å². The molecule has 1 heterocycles. The molecule has 1 aliphatic carbocycles. The maximum absolute atomic E-state index is 12.6. The second-order valence-electron chi connectivity index (χ2n) is 7.55. The highest BCUT2D eigenvalue weighted by Crippen LogP contribution is 2.31. The molecule has 0 aromatic heterocycles. The molecule has 1 amide bonds. The van der Waals surface area contributed by atoms with Crippen molar-refractivity contribution < 1.29 is 4.79 Å². The van der Waals surface area contributed by atoms with E-state index in [4.69, 9.17) is 0 Å². The summed E-state index contributed by atoms with van der Waals surface area (Å²) >= 11 is 0. The summed E-state index contributed by atoms with van der Waals surface area (Å²) in [4.78, 5) is 12.6.